The first-order valence-corrected chi connectivity index (χ1v) is 19.9. The Labute approximate surface area is 323 Å². The third-order valence-corrected chi connectivity index (χ3v) is 13.4. The van der Waals surface area contributed by atoms with Crippen LogP contribution >= 0.6 is 11.8 Å². The fourth-order valence-corrected chi connectivity index (χ4v) is 11.0. The lowest BCUT2D eigenvalue weighted by Gasteiger charge is -2.21. The van der Waals surface area contributed by atoms with Crippen LogP contribution in [-0.4, -0.2) is 15.7 Å². The molecule has 0 radical (unpaired) electrons. The third-order valence-electron chi connectivity index (χ3n) is 12.1. The maximum Gasteiger partial charge on any atom is 0.0736 e. The second-order valence-corrected chi connectivity index (χ2v) is 15.9. The fourth-order valence-electron chi connectivity index (χ4n) is 9.66. The number of benzene rings is 7. The van der Waals surface area contributed by atoms with Gasteiger partial charge in [0.2, 0.25) is 0 Å². The summed E-state index contributed by atoms with van der Waals surface area (Å²) < 4.78 is 5.15. The first kappa shape index (κ1) is 32.3. The molecule has 10 aromatic rings. The molecule has 0 spiro atoms. The zero-order valence-corrected chi connectivity index (χ0v) is 31.4. The smallest absolute Gasteiger partial charge is 0.0736 e. The Balaban J connectivity index is 0.00000173. The highest BCUT2D eigenvalue weighted by Crippen LogP contribution is 2.51. The Morgan fingerprint density at radius 1 is 0.709 bits per heavy atom. The summed E-state index contributed by atoms with van der Waals surface area (Å²) in [7, 11) is 0. The Morgan fingerprint density at radius 3 is 2.35 bits per heavy atom. The molecular formula is C50H38N4S. The largest absolute Gasteiger partial charge is 0.331 e. The zero-order chi connectivity index (χ0) is 36.8. The number of nitrogens with one attached hydrogen (secondary N) is 2. The fraction of sp³-hybridized carbons (Fsp3) is 0.100. The van der Waals surface area contributed by atoms with Crippen LogP contribution in [0, 0.1) is 5.41 Å². The molecule has 0 fully saturated rings. The van der Waals surface area contributed by atoms with E-state index >= 15 is 0 Å². The molecule has 2 N–H and O–H groups in total. The van der Waals surface area contributed by atoms with E-state index in [-0.39, 0.29) is 6.04 Å². The van der Waals surface area contributed by atoms with E-state index in [0.29, 0.717) is 0 Å². The van der Waals surface area contributed by atoms with Gasteiger partial charge in [0.05, 0.1) is 34.8 Å². The molecular weight excluding hydrogens is 689 g/mol. The van der Waals surface area contributed by atoms with E-state index in [1.54, 1.807) is 0 Å². The van der Waals surface area contributed by atoms with Gasteiger partial charge in [0, 0.05) is 53.4 Å². The summed E-state index contributed by atoms with van der Waals surface area (Å²) in [5, 5.41) is 21.5. The van der Waals surface area contributed by atoms with Crippen LogP contribution < -0.4 is 5.32 Å². The number of aromatic nitrogens is 2. The highest BCUT2D eigenvalue weighted by Gasteiger charge is 2.31. The highest BCUT2D eigenvalue weighted by atomic mass is 32.2. The molecule has 1 unspecified atom stereocenters. The van der Waals surface area contributed by atoms with Gasteiger partial charge in [-0.3, -0.25) is 5.32 Å². The summed E-state index contributed by atoms with van der Waals surface area (Å²) in [6.07, 6.45) is 6.86. The molecule has 0 saturated carbocycles. The summed E-state index contributed by atoms with van der Waals surface area (Å²) in [5.41, 5.74) is 12.0. The van der Waals surface area contributed by atoms with Gasteiger partial charge in [0.25, 0.3) is 0 Å². The van der Waals surface area contributed by atoms with Gasteiger partial charge < -0.3 is 14.4 Å². The SMILES string of the molecule is C/C(=C1/Sc2ccccc2C1NCn1c2c(c3c4c(ccc5c6cccc7c8ccccc8n(c76)c54)ccc31)C=CCC2)c1ccc2ccccc2c1.C=N. The van der Waals surface area contributed by atoms with Crippen LogP contribution in [0.5, 0.6) is 0 Å². The van der Waals surface area contributed by atoms with Gasteiger partial charge in [-0.15, -0.1) is 0 Å². The van der Waals surface area contributed by atoms with Gasteiger partial charge in [-0.1, -0.05) is 133 Å². The molecule has 1 aliphatic carbocycles. The monoisotopic (exact) mass is 726 g/mol. The van der Waals surface area contributed by atoms with Gasteiger partial charge in [0.1, 0.15) is 0 Å². The van der Waals surface area contributed by atoms with Crippen molar-refractivity contribution in [2.24, 2.45) is 0 Å². The third kappa shape index (κ3) is 4.60. The minimum atomic E-state index is 0.105. The number of nitrogens with zero attached hydrogens (tertiary/aromatic N) is 2. The standard InChI is InChI=1S/C49H35N3S.CH3N/c1-29(32-22-21-30-11-2-3-12-33(30)27-32)49-46(39-15-6-9-20-43(39)53-49)50-28-51-40-18-7-5-14-38(40)45-42(51)26-24-31-23-25-37-36-17-10-16-35-34-13-4-8-19-41(34)52(47(35)36)48(37)44(31)45;1-2/h2-6,8-17,19-27,46,50H,7,18,28H2,1H3;2H,1H2/b49-29-;. The quantitative estimate of drug-likeness (QED) is 0.177. The second-order valence-electron chi connectivity index (χ2n) is 14.8. The predicted molar refractivity (Wildman–Crippen MR) is 236 cm³/mol. The van der Waals surface area contributed by atoms with Crippen LogP contribution in [-0.2, 0) is 13.1 Å². The second kappa shape index (κ2) is 12.5. The Bertz CT molecular complexity index is 3250. The summed E-state index contributed by atoms with van der Waals surface area (Å²) in [5.74, 6) is 0. The molecule has 0 amide bonds. The zero-order valence-electron chi connectivity index (χ0n) is 30.6. The molecule has 0 saturated heterocycles. The van der Waals surface area contributed by atoms with Crippen molar-refractivity contribution >= 4 is 101 Å². The maximum atomic E-state index is 5.50. The van der Waals surface area contributed by atoms with E-state index in [9.17, 15) is 0 Å². The summed E-state index contributed by atoms with van der Waals surface area (Å²) in [4.78, 5) is 2.73. The van der Waals surface area contributed by atoms with Crippen molar-refractivity contribution < 1.29 is 0 Å². The summed E-state index contributed by atoms with van der Waals surface area (Å²) in [6.45, 7) is 5.53. The van der Waals surface area contributed by atoms with Crippen LogP contribution in [0.25, 0.3) is 82.2 Å². The molecule has 0 bridgehead atoms. The van der Waals surface area contributed by atoms with E-state index in [0.717, 1.165) is 19.5 Å². The van der Waals surface area contributed by atoms with Crippen molar-refractivity contribution in [3.63, 3.8) is 0 Å². The molecule has 4 heterocycles. The number of allylic oxidation sites excluding steroid dienone is 2. The first-order chi connectivity index (χ1) is 27.2. The van der Waals surface area contributed by atoms with Crippen LogP contribution in [0.15, 0.2) is 149 Å². The normalized spacial score (nSPS) is 16.1. The summed E-state index contributed by atoms with van der Waals surface area (Å²) >= 11 is 1.92. The maximum absolute atomic E-state index is 5.50. The van der Waals surface area contributed by atoms with Crippen molar-refractivity contribution in [3.05, 3.63) is 167 Å². The van der Waals surface area contributed by atoms with E-state index in [2.05, 4.69) is 174 Å². The first-order valence-electron chi connectivity index (χ1n) is 19.1. The van der Waals surface area contributed by atoms with Crippen molar-refractivity contribution in [2.45, 2.75) is 37.4 Å². The highest BCUT2D eigenvalue weighted by molar-refractivity contribution is 8.03. The van der Waals surface area contributed by atoms with Gasteiger partial charge in [-0.25, -0.2) is 0 Å². The van der Waals surface area contributed by atoms with Gasteiger partial charge in [-0.2, -0.15) is 0 Å². The molecule has 5 heteroatoms. The van der Waals surface area contributed by atoms with Gasteiger partial charge in [0.15, 0.2) is 0 Å². The average molecular weight is 727 g/mol. The molecule has 7 aromatic carbocycles. The molecule has 12 rings (SSSR count). The Morgan fingerprint density at radius 2 is 1.44 bits per heavy atom. The van der Waals surface area contributed by atoms with Gasteiger partial charge >= 0.3 is 0 Å². The molecule has 2 aliphatic rings. The average Bonchev–Trinajstić information content (AvgIpc) is 3.99. The molecule has 264 valence electrons. The lowest BCUT2D eigenvalue weighted by molar-refractivity contribution is 0.511. The van der Waals surface area contributed by atoms with Crippen LogP contribution in [0.1, 0.15) is 41.8 Å². The predicted octanol–water partition coefficient (Wildman–Crippen LogP) is 13.1. The minimum Gasteiger partial charge on any atom is -0.331 e. The Hall–Kier alpha value is -6.14. The lowest BCUT2D eigenvalue weighted by atomic mass is 9.96. The minimum absolute atomic E-state index is 0.105. The van der Waals surface area contributed by atoms with Crippen LogP contribution in [0.3, 0.4) is 0 Å². The number of rotatable bonds is 4. The van der Waals surface area contributed by atoms with Crippen LogP contribution in [0.4, 0.5) is 0 Å². The van der Waals surface area contributed by atoms with Crippen molar-refractivity contribution in [1.29, 1.82) is 5.41 Å². The number of fused-ring (bicyclic) bond motifs is 14. The molecule has 1 atom stereocenters. The number of para-hydroxylation sites is 2. The Kier molecular flexibility index (Phi) is 7.32. The van der Waals surface area contributed by atoms with Crippen molar-refractivity contribution in [3.8, 4) is 0 Å². The molecule has 55 heavy (non-hydrogen) atoms. The van der Waals surface area contributed by atoms with Crippen molar-refractivity contribution in [2.75, 3.05) is 0 Å². The molecule has 3 aromatic heterocycles. The van der Waals surface area contributed by atoms with E-state index in [1.165, 1.54) is 108 Å². The van der Waals surface area contributed by atoms with E-state index in [4.69, 9.17) is 5.41 Å². The summed E-state index contributed by atoms with van der Waals surface area (Å²) in [6, 6.07) is 49.8. The topological polar surface area (TPSA) is 45.2 Å². The molecule has 1 aliphatic heterocycles. The lowest BCUT2D eigenvalue weighted by Crippen LogP contribution is -2.25. The number of hydrogen-bond donors (Lipinski definition) is 2. The van der Waals surface area contributed by atoms with E-state index < -0.39 is 0 Å². The van der Waals surface area contributed by atoms with E-state index in [1.807, 2.05) is 11.8 Å². The molecule has 4 nitrogen and oxygen atoms in total. The number of thioether (sulfide) groups is 1. The van der Waals surface area contributed by atoms with Gasteiger partial charge in [-0.05, 0) is 83.6 Å². The number of hydrogen-bond acceptors (Lipinski definition) is 3. The van der Waals surface area contributed by atoms with Crippen molar-refractivity contribution in [1.82, 2.24) is 14.3 Å². The van der Waals surface area contributed by atoms with Crippen LogP contribution in [0.2, 0.25) is 0 Å².